The number of amides is 2. The number of hydrogen-bond acceptors (Lipinski definition) is 4. The van der Waals surface area contributed by atoms with E-state index in [0.717, 1.165) is 49.5 Å². The van der Waals surface area contributed by atoms with Gasteiger partial charge in [0.2, 0.25) is 6.41 Å². The van der Waals surface area contributed by atoms with Crippen LogP contribution in [0.15, 0.2) is 48.5 Å². The average Bonchev–Trinajstić information content (AvgIpc) is 2.68. The zero-order chi connectivity index (χ0) is 18.4. The summed E-state index contributed by atoms with van der Waals surface area (Å²) >= 11 is 0. The van der Waals surface area contributed by atoms with Crippen molar-refractivity contribution in [2.45, 2.75) is 6.92 Å². The van der Waals surface area contributed by atoms with E-state index in [4.69, 9.17) is 4.74 Å². The molecule has 0 unspecified atom stereocenters. The Labute approximate surface area is 153 Å². The molecule has 1 fully saturated rings. The van der Waals surface area contributed by atoms with Gasteiger partial charge in [0.05, 0.1) is 0 Å². The Morgan fingerprint density at radius 1 is 1.04 bits per heavy atom. The maximum absolute atomic E-state index is 12.0. The van der Waals surface area contributed by atoms with Gasteiger partial charge in [-0.3, -0.25) is 9.59 Å². The van der Waals surface area contributed by atoms with Crippen molar-refractivity contribution >= 4 is 23.7 Å². The minimum atomic E-state index is -0.196. The summed E-state index contributed by atoms with van der Waals surface area (Å²) in [6.07, 6.45) is 0.897. The lowest BCUT2D eigenvalue weighted by molar-refractivity contribution is -0.119. The Kier molecular flexibility index (Phi) is 5.73. The van der Waals surface area contributed by atoms with E-state index in [1.807, 2.05) is 55.5 Å². The third-order valence-electron chi connectivity index (χ3n) is 4.37. The second kappa shape index (κ2) is 8.38. The maximum atomic E-state index is 12.0. The summed E-state index contributed by atoms with van der Waals surface area (Å²) in [5.74, 6) is 0.480. The number of carbonyl (C=O) groups is 2. The van der Waals surface area contributed by atoms with Crippen LogP contribution in [0.1, 0.15) is 5.56 Å². The van der Waals surface area contributed by atoms with E-state index in [-0.39, 0.29) is 12.5 Å². The summed E-state index contributed by atoms with van der Waals surface area (Å²) in [7, 11) is 0. The monoisotopic (exact) mass is 353 g/mol. The highest BCUT2D eigenvalue weighted by atomic mass is 16.5. The fourth-order valence-corrected chi connectivity index (χ4v) is 2.82. The lowest BCUT2D eigenvalue weighted by Gasteiger charge is -2.34. The van der Waals surface area contributed by atoms with E-state index >= 15 is 0 Å². The van der Waals surface area contributed by atoms with Crippen LogP contribution in [0.5, 0.6) is 5.75 Å². The van der Waals surface area contributed by atoms with Crippen molar-refractivity contribution in [3.8, 4) is 5.75 Å². The summed E-state index contributed by atoms with van der Waals surface area (Å²) in [5, 5.41) is 2.83. The number of carbonyl (C=O) groups excluding carboxylic acids is 2. The van der Waals surface area contributed by atoms with Crippen LogP contribution in [0.4, 0.5) is 11.4 Å². The zero-order valence-corrected chi connectivity index (χ0v) is 14.9. The highest BCUT2D eigenvalue weighted by molar-refractivity contribution is 5.92. The van der Waals surface area contributed by atoms with Crippen LogP contribution in [0.25, 0.3) is 0 Å². The van der Waals surface area contributed by atoms with E-state index in [2.05, 4.69) is 10.2 Å². The number of rotatable bonds is 6. The van der Waals surface area contributed by atoms with E-state index in [1.165, 1.54) is 0 Å². The number of piperazine rings is 1. The molecule has 1 heterocycles. The third-order valence-corrected chi connectivity index (χ3v) is 4.37. The molecule has 2 aromatic carbocycles. The molecule has 0 atom stereocenters. The lowest BCUT2D eigenvalue weighted by atomic mass is 10.2. The second-order valence-electron chi connectivity index (χ2n) is 6.33. The maximum Gasteiger partial charge on any atom is 0.262 e. The van der Waals surface area contributed by atoms with Crippen LogP contribution in [-0.4, -0.2) is 50.0 Å². The van der Waals surface area contributed by atoms with Crippen LogP contribution in [0.2, 0.25) is 0 Å². The molecule has 1 aliphatic rings. The zero-order valence-electron chi connectivity index (χ0n) is 14.9. The Morgan fingerprint density at radius 3 is 2.31 bits per heavy atom. The van der Waals surface area contributed by atoms with E-state index in [0.29, 0.717) is 5.75 Å². The van der Waals surface area contributed by atoms with Gasteiger partial charge in [-0.2, -0.15) is 0 Å². The van der Waals surface area contributed by atoms with E-state index in [9.17, 15) is 9.59 Å². The van der Waals surface area contributed by atoms with Gasteiger partial charge in [0.1, 0.15) is 5.75 Å². The van der Waals surface area contributed by atoms with Gasteiger partial charge in [-0.15, -0.1) is 0 Å². The van der Waals surface area contributed by atoms with Gasteiger partial charge in [-0.25, -0.2) is 0 Å². The summed E-state index contributed by atoms with van der Waals surface area (Å²) in [5.41, 5.74) is 2.97. The van der Waals surface area contributed by atoms with Gasteiger partial charge in [0, 0.05) is 37.6 Å². The standard InChI is InChI=1S/C20H23N3O3/c1-16-2-8-19(9-3-16)26-14-20(25)21-17-4-6-18(7-5-17)23-12-10-22(15-24)11-13-23/h2-9,15H,10-14H2,1H3,(H,21,25). The molecule has 0 saturated carbocycles. The molecule has 0 spiro atoms. The topological polar surface area (TPSA) is 61.9 Å². The van der Waals surface area contributed by atoms with Crippen molar-refractivity contribution in [2.75, 3.05) is 43.0 Å². The van der Waals surface area contributed by atoms with Crippen LogP contribution in [0, 0.1) is 6.92 Å². The van der Waals surface area contributed by atoms with Gasteiger partial charge in [-0.1, -0.05) is 17.7 Å². The quantitative estimate of drug-likeness (QED) is 0.810. The summed E-state index contributed by atoms with van der Waals surface area (Å²) in [4.78, 5) is 26.8. The van der Waals surface area contributed by atoms with Crippen LogP contribution >= 0.6 is 0 Å². The fourth-order valence-electron chi connectivity index (χ4n) is 2.82. The first-order chi connectivity index (χ1) is 12.6. The third kappa shape index (κ3) is 4.75. The predicted molar refractivity (Wildman–Crippen MR) is 102 cm³/mol. The van der Waals surface area contributed by atoms with Crippen molar-refractivity contribution < 1.29 is 14.3 Å². The van der Waals surface area contributed by atoms with E-state index < -0.39 is 0 Å². The van der Waals surface area contributed by atoms with Crippen molar-refractivity contribution in [2.24, 2.45) is 0 Å². The molecule has 2 aromatic rings. The molecule has 1 saturated heterocycles. The molecule has 0 bridgehead atoms. The molecule has 26 heavy (non-hydrogen) atoms. The molecule has 0 radical (unpaired) electrons. The summed E-state index contributed by atoms with van der Waals surface area (Å²) < 4.78 is 5.48. The molecule has 1 aliphatic heterocycles. The first kappa shape index (κ1) is 17.8. The first-order valence-corrected chi connectivity index (χ1v) is 8.68. The molecular formula is C20H23N3O3. The van der Waals surface area contributed by atoms with Gasteiger partial charge in [-0.05, 0) is 43.3 Å². The number of aryl methyl sites for hydroxylation is 1. The van der Waals surface area contributed by atoms with Crippen LogP contribution in [-0.2, 0) is 9.59 Å². The van der Waals surface area contributed by atoms with Crippen molar-refractivity contribution in [3.63, 3.8) is 0 Å². The van der Waals surface area contributed by atoms with Crippen molar-refractivity contribution in [3.05, 3.63) is 54.1 Å². The first-order valence-electron chi connectivity index (χ1n) is 8.68. The van der Waals surface area contributed by atoms with Crippen molar-refractivity contribution in [1.82, 2.24) is 4.90 Å². The number of nitrogens with one attached hydrogen (secondary N) is 1. The molecule has 1 N–H and O–H groups in total. The molecule has 0 aliphatic carbocycles. The Balaban J connectivity index is 1.48. The lowest BCUT2D eigenvalue weighted by Crippen LogP contribution is -2.45. The molecule has 6 heteroatoms. The number of hydrogen-bond donors (Lipinski definition) is 1. The molecule has 2 amide bonds. The molecular weight excluding hydrogens is 330 g/mol. The fraction of sp³-hybridized carbons (Fsp3) is 0.300. The van der Waals surface area contributed by atoms with Gasteiger partial charge < -0.3 is 19.9 Å². The smallest absolute Gasteiger partial charge is 0.262 e. The highest BCUT2D eigenvalue weighted by Crippen LogP contribution is 2.19. The van der Waals surface area contributed by atoms with Crippen LogP contribution in [0.3, 0.4) is 0 Å². The average molecular weight is 353 g/mol. The highest BCUT2D eigenvalue weighted by Gasteiger charge is 2.15. The Hall–Kier alpha value is -3.02. The largest absolute Gasteiger partial charge is 0.484 e. The number of benzene rings is 2. The van der Waals surface area contributed by atoms with E-state index in [1.54, 1.807) is 4.90 Å². The molecule has 3 rings (SSSR count). The predicted octanol–water partition coefficient (Wildman–Crippen LogP) is 2.29. The Bertz CT molecular complexity index is 736. The minimum Gasteiger partial charge on any atom is -0.484 e. The normalized spacial score (nSPS) is 14.0. The van der Waals surface area contributed by atoms with Crippen LogP contribution < -0.4 is 15.0 Å². The number of anilines is 2. The van der Waals surface area contributed by atoms with Gasteiger partial charge in [0.15, 0.2) is 6.61 Å². The minimum absolute atomic E-state index is 0.0293. The second-order valence-corrected chi connectivity index (χ2v) is 6.33. The SMILES string of the molecule is Cc1ccc(OCC(=O)Nc2ccc(N3CCN(C=O)CC3)cc2)cc1. The van der Waals surface area contributed by atoms with Gasteiger partial charge in [0.25, 0.3) is 5.91 Å². The molecule has 0 aromatic heterocycles. The van der Waals surface area contributed by atoms with Crippen molar-refractivity contribution in [1.29, 1.82) is 0 Å². The Morgan fingerprint density at radius 2 is 1.69 bits per heavy atom. The van der Waals surface area contributed by atoms with Gasteiger partial charge >= 0.3 is 0 Å². The summed E-state index contributed by atoms with van der Waals surface area (Å²) in [6, 6.07) is 15.3. The summed E-state index contributed by atoms with van der Waals surface area (Å²) in [6.45, 7) is 5.07. The molecule has 136 valence electrons. The molecule has 6 nitrogen and oxygen atoms in total. The number of ether oxygens (including phenoxy) is 1. The number of nitrogens with zero attached hydrogens (tertiary/aromatic N) is 2.